The number of hydrogen-bond donors (Lipinski definition) is 0. The van der Waals surface area contributed by atoms with E-state index in [1.165, 1.54) is 32.4 Å². The van der Waals surface area contributed by atoms with Crippen LogP contribution in [0.4, 0.5) is 0 Å². The number of carbonyl (C=O) groups is 1. The molecule has 2 heterocycles. The summed E-state index contributed by atoms with van der Waals surface area (Å²) in [5.41, 5.74) is 0.980. The molecular formula is C20H31ClN2O3. The molecule has 2 saturated heterocycles. The molecule has 0 saturated carbocycles. The van der Waals surface area contributed by atoms with E-state index in [-0.39, 0.29) is 18.3 Å². The summed E-state index contributed by atoms with van der Waals surface area (Å²) in [6.45, 7) is 4.31. The Hall–Kier alpha value is -1.46. The second kappa shape index (κ2) is 10.0. The van der Waals surface area contributed by atoms with Gasteiger partial charge in [0.15, 0.2) is 11.5 Å². The molecule has 0 N–H and O–H groups in total. The maximum atomic E-state index is 12.9. The Morgan fingerprint density at radius 1 is 1.04 bits per heavy atom. The van der Waals surface area contributed by atoms with Crippen molar-refractivity contribution in [2.75, 3.05) is 40.4 Å². The second-order valence-electron chi connectivity index (χ2n) is 7.11. The smallest absolute Gasteiger partial charge is 0.227 e. The van der Waals surface area contributed by atoms with E-state index in [1.807, 2.05) is 18.2 Å². The van der Waals surface area contributed by atoms with Crippen molar-refractivity contribution in [1.82, 2.24) is 9.80 Å². The summed E-state index contributed by atoms with van der Waals surface area (Å²) in [6.07, 6.45) is 6.51. The largest absolute Gasteiger partial charge is 0.493 e. The molecule has 2 aliphatic heterocycles. The van der Waals surface area contributed by atoms with Crippen molar-refractivity contribution in [1.29, 1.82) is 0 Å². The fourth-order valence-electron chi connectivity index (χ4n) is 4.05. The van der Waals surface area contributed by atoms with Gasteiger partial charge < -0.3 is 19.3 Å². The number of amides is 1. The number of ether oxygens (including phenoxy) is 2. The highest BCUT2D eigenvalue weighted by atomic mass is 35.5. The van der Waals surface area contributed by atoms with Gasteiger partial charge in [0.2, 0.25) is 5.91 Å². The minimum atomic E-state index is 0. The molecule has 3 rings (SSSR count). The monoisotopic (exact) mass is 382 g/mol. The van der Waals surface area contributed by atoms with Crippen molar-refractivity contribution in [2.45, 2.75) is 44.6 Å². The van der Waals surface area contributed by atoms with E-state index in [0.29, 0.717) is 24.0 Å². The van der Waals surface area contributed by atoms with Gasteiger partial charge in [-0.1, -0.05) is 6.07 Å². The Morgan fingerprint density at radius 2 is 1.73 bits per heavy atom. The molecule has 146 valence electrons. The Kier molecular flexibility index (Phi) is 8.04. The fraction of sp³-hybridized carbons (Fsp3) is 0.650. The maximum absolute atomic E-state index is 12.9. The van der Waals surface area contributed by atoms with Gasteiger partial charge in [-0.05, 0) is 62.9 Å². The van der Waals surface area contributed by atoms with Crippen molar-refractivity contribution in [2.24, 2.45) is 0 Å². The quantitative estimate of drug-likeness (QED) is 0.758. The van der Waals surface area contributed by atoms with Crippen LogP contribution in [-0.4, -0.2) is 62.1 Å². The number of carbonyl (C=O) groups excluding carboxylic acids is 1. The Bertz CT molecular complexity index is 590. The molecule has 0 spiro atoms. The molecule has 1 aromatic carbocycles. The Morgan fingerprint density at radius 3 is 2.42 bits per heavy atom. The van der Waals surface area contributed by atoms with Gasteiger partial charge in [0, 0.05) is 19.1 Å². The van der Waals surface area contributed by atoms with Crippen molar-refractivity contribution >= 4 is 18.3 Å². The van der Waals surface area contributed by atoms with E-state index in [0.717, 1.165) is 31.5 Å². The van der Waals surface area contributed by atoms with Crippen LogP contribution in [0.25, 0.3) is 0 Å². The average molecular weight is 383 g/mol. The molecule has 1 aromatic rings. The molecule has 0 bridgehead atoms. The van der Waals surface area contributed by atoms with Gasteiger partial charge in [-0.15, -0.1) is 12.4 Å². The summed E-state index contributed by atoms with van der Waals surface area (Å²) >= 11 is 0. The van der Waals surface area contributed by atoms with Gasteiger partial charge in [-0.3, -0.25) is 4.79 Å². The molecule has 0 aliphatic carbocycles. The van der Waals surface area contributed by atoms with Crippen LogP contribution >= 0.6 is 12.4 Å². The lowest BCUT2D eigenvalue weighted by Crippen LogP contribution is -2.49. The maximum Gasteiger partial charge on any atom is 0.227 e. The Balaban J connectivity index is 0.00000243. The number of piperidine rings is 1. The zero-order valence-corrected chi connectivity index (χ0v) is 16.7. The number of benzene rings is 1. The molecule has 6 heteroatoms. The average Bonchev–Trinajstić information content (AvgIpc) is 3.15. The van der Waals surface area contributed by atoms with Crippen LogP contribution in [0.2, 0.25) is 0 Å². The third-order valence-electron chi connectivity index (χ3n) is 5.42. The zero-order valence-electron chi connectivity index (χ0n) is 15.9. The van der Waals surface area contributed by atoms with Gasteiger partial charge in [-0.25, -0.2) is 0 Å². The number of methoxy groups -OCH3 is 2. The molecule has 1 unspecified atom stereocenters. The molecule has 2 fully saturated rings. The van der Waals surface area contributed by atoms with Crippen LogP contribution in [0, 0.1) is 0 Å². The standard InChI is InChI=1S/C20H30N2O3.ClH/c1-24-18-9-8-16(13-19(18)25-2)14-20(23)22-12-4-3-7-17(22)15-21-10-5-6-11-21;/h8-9,13,17H,3-7,10-12,14-15H2,1-2H3;1H. The van der Waals surface area contributed by atoms with Gasteiger partial charge in [0.05, 0.1) is 20.6 Å². The predicted octanol–water partition coefficient (Wildman–Crippen LogP) is 3.15. The highest BCUT2D eigenvalue weighted by molar-refractivity contribution is 5.85. The lowest BCUT2D eigenvalue weighted by molar-refractivity contribution is -0.134. The topological polar surface area (TPSA) is 42.0 Å². The molecule has 26 heavy (non-hydrogen) atoms. The van der Waals surface area contributed by atoms with Crippen LogP contribution in [-0.2, 0) is 11.2 Å². The second-order valence-corrected chi connectivity index (χ2v) is 7.11. The molecule has 0 radical (unpaired) electrons. The molecule has 5 nitrogen and oxygen atoms in total. The minimum absolute atomic E-state index is 0. The predicted molar refractivity (Wildman–Crippen MR) is 106 cm³/mol. The number of nitrogens with zero attached hydrogens (tertiary/aromatic N) is 2. The third-order valence-corrected chi connectivity index (χ3v) is 5.42. The Labute approximate surface area is 163 Å². The first-order valence-electron chi connectivity index (χ1n) is 9.44. The highest BCUT2D eigenvalue weighted by Crippen LogP contribution is 2.28. The molecule has 0 aromatic heterocycles. The van der Waals surface area contributed by atoms with E-state index in [1.54, 1.807) is 14.2 Å². The number of likely N-dealkylation sites (tertiary alicyclic amines) is 2. The highest BCUT2D eigenvalue weighted by Gasteiger charge is 2.29. The summed E-state index contributed by atoms with van der Waals surface area (Å²) < 4.78 is 10.6. The summed E-state index contributed by atoms with van der Waals surface area (Å²) in [4.78, 5) is 17.6. The number of halogens is 1. The minimum Gasteiger partial charge on any atom is -0.493 e. The molecule has 1 amide bonds. The summed E-state index contributed by atoms with van der Waals surface area (Å²) in [6, 6.07) is 6.12. The van der Waals surface area contributed by atoms with Crippen LogP contribution in [0.5, 0.6) is 11.5 Å². The van der Waals surface area contributed by atoms with Crippen LogP contribution in [0.3, 0.4) is 0 Å². The molecular weight excluding hydrogens is 352 g/mol. The SMILES string of the molecule is COc1ccc(CC(=O)N2CCCCC2CN2CCCC2)cc1OC.Cl. The zero-order chi connectivity index (χ0) is 17.6. The van der Waals surface area contributed by atoms with Gasteiger partial charge in [-0.2, -0.15) is 0 Å². The normalized spacial score (nSPS) is 20.5. The number of rotatable bonds is 6. The van der Waals surface area contributed by atoms with Crippen molar-refractivity contribution in [3.63, 3.8) is 0 Å². The van der Waals surface area contributed by atoms with E-state index in [9.17, 15) is 4.79 Å². The third kappa shape index (κ3) is 5.04. The van der Waals surface area contributed by atoms with Crippen LogP contribution < -0.4 is 9.47 Å². The van der Waals surface area contributed by atoms with Gasteiger partial charge >= 0.3 is 0 Å². The van der Waals surface area contributed by atoms with E-state index >= 15 is 0 Å². The first kappa shape index (κ1) is 20.8. The first-order valence-corrected chi connectivity index (χ1v) is 9.44. The number of hydrogen-bond acceptors (Lipinski definition) is 4. The van der Waals surface area contributed by atoms with Crippen LogP contribution in [0.15, 0.2) is 18.2 Å². The van der Waals surface area contributed by atoms with Crippen molar-refractivity contribution in [3.05, 3.63) is 23.8 Å². The van der Waals surface area contributed by atoms with E-state index < -0.39 is 0 Å². The summed E-state index contributed by atoms with van der Waals surface area (Å²) in [5.74, 6) is 1.61. The lowest BCUT2D eigenvalue weighted by Gasteiger charge is -2.38. The molecule has 1 atom stereocenters. The van der Waals surface area contributed by atoms with Crippen LogP contribution in [0.1, 0.15) is 37.7 Å². The van der Waals surface area contributed by atoms with E-state index in [2.05, 4.69) is 9.80 Å². The fourth-order valence-corrected chi connectivity index (χ4v) is 4.05. The van der Waals surface area contributed by atoms with Crippen molar-refractivity contribution in [3.8, 4) is 11.5 Å². The molecule has 2 aliphatic rings. The summed E-state index contributed by atoms with van der Waals surface area (Å²) in [7, 11) is 3.25. The first-order chi connectivity index (χ1) is 12.2. The van der Waals surface area contributed by atoms with Gasteiger partial charge in [0.1, 0.15) is 0 Å². The van der Waals surface area contributed by atoms with Crippen molar-refractivity contribution < 1.29 is 14.3 Å². The van der Waals surface area contributed by atoms with Gasteiger partial charge in [0.25, 0.3) is 0 Å². The summed E-state index contributed by atoms with van der Waals surface area (Å²) in [5, 5.41) is 0. The van der Waals surface area contributed by atoms with E-state index in [4.69, 9.17) is 9.47 Å². The lowest BCUT2D eigenvalue weighted by atomic mass is 10.00.